The van der Waals surface area contributed by atoms with Gasteiger partial charge in [0, 0.05) is 39.5 Å². The molecule has 0 unspecified atom stereocenters. The van der Waals surface area contributed by atoms with E-state index in [1.807, 2.05) is 55.6 Å². The summed E-state index contributed by atoms with van der Waals surface area (Å²) in [5.74, 6) is 1.06. The molecule has 0 aliphatic heterocycles. The van der Waals surface area contributed by atoms with Crippen molar-refractivity contribution in [3.05, 3.63) is 102 Å². The van der Waals surface area contributed by atoms with E-state index in [1.165, 1.54) is 86.5 Å². The molecule has 4 aromatic rings. The summed E-state index contributed by atoms with van der Waals surface area (Å²) in [5, 5.41) is 1.70. The maximum atomic E-state index is 9.19. The third-order valence-electron chi connectivity index (χ3n) is 10.6. The Kier molecular flexibility index (Phi) is 17.5. The third-order valence-corrected chi connectivity index (χ3v) is 14.5. The van der Waals surface area contributed by atoms with Gasteiger partial charge in [0.1, 0.15) is 5.75 Å². The van der Waals surface area contributed by atoms with E-state index in [1.54, 1.807) is 5.30 Å². The fraction of sp³-hybridized carbons (Fsp3) is 0.478. The maximum absolute atomic E-state index is 9.19. The average molecular weight is 864 g/mol. The van der Waals surface area contributed by atoms with Gasteiger partial charge >= 0.3 is 0 Å². The molecule has 2 fully saturated rings. The normalized spacial score (nSPS) is 15.6. The van der Waals surface area contributed by atoms with Gasteiger partial charge in [-0.2, -0.15) is 8.42 Å². The fourth-order valence-corrected chi connectivity index (χ4v) is 12.3. The molecule has 0 radical (unpaired) electrons. The molecule has 0 amide bonds. The Morgan fingerprint density at radius 3 is 1.70 bits per heavy atom. The number of ether oxygens (including phenoxy) is 1. The molecule has 298 valence electrons. The van der Waals surface area contributed by atoms with Gasteiger partial charge in [0.25, 0.3) is 10.1 Å². The molecule has 54 heavy (non-hydrogen) atoms. The smallest absolute Gasteiger partial charge is 0.261 e. The number of rotatable bonds is 6. The maximum Gasteiger partial charge on any atom is 0.261 e. The summed E-state index contributed by atoms with van der Waals surface area (Å²) < 4.78 is 32.1. The van der Waals surface area contributed by atoms with Crippen molar-refractivity contribution in [1.29, 1.82) is 0 Å². The van der Waals surface area contributed by atoms with E-state index < -0.39 is 18.0 Å². The topological polar surface area (TPSA) is 89.6 Å². The van der Waals surface area contributed by atoms with Gasteiger partial charge < -0.3 is 10.5 Å². The molecule has 4 aromatic carbocycles. The molecule has 2 aliphatic rings. The van der Waals surface area contributed by atoms with Crippen LogP contribution in [-0.4, -0.2) is 37.7 Å². The number of nitrogens with two attached hydrogens (primary N) is 1. The number of anilines is 1. The zero-order valence-corrected chi connectivity index (χ0v) is 37.2. The van der Waals surface area contributed by atoms with Gasteiger partial charge in [0.05, 0.1) is 30.0 Å². The number of hydrogen-bond acceptors (Lipinski definition) is 4. The first-order valence-electron chi connectivity index (χ1n) is 19.4. The molecule has 0 heterocycles. The molecule has 6 rings (SSSR count). The van der Waals surface area contributed by atoms with Gasteiger partial charge in [-0.1, -0.05) is 102 Å². The van der Waals surface area contributed by atoms with E-state index in [0.717, 1.165) is 33.9 Å². The Morgan fingerprint density at radius 1 is 0.741 bits per heavy atom. The first kappa shape index (κ1) is 45.9. The van der Waals surface area contributed by atoms with E-state index in [2.05, 4.69) is 84.0 Å². The van der Waals surface area contributed by atoms with Crippen LogP contribution in [0.1, 0.15) is 117 Å². The summed E-state index contributed by atoms with van der Waals surface area (Å²) in [6, 6.07) is 33.1. The fourth-order valence-electron chi connectivity index (χ4n) is 7.94. The van der Waals surface area contributed by atoms with Crippen LogP contribution in [0.2, 0.25) is 0 Å². The second kappa shape index (κ2) is 20.6. The predicted octanol–water partition coefficient (Wildman–Crippen LogP) is 11.7. The van der Waals surface area contributed by atoms with E-state index in [9.17, 15) is 8.42 Å². The van der Waals surface area contributed by atoms with E-state index in [0.29, 0.717) is 6.26 Å². The summed E-state index contributed by atoms with van der Waals surface area (Å²) >= 11 is 0. The minimum absolute atomic E-state index is 0. The van der Waals surface area contributed by atoms with Gasteiger partial charge in [0.15, 0.2) is 0 Å². The Labute approximate surface area is 342 Å². The molecular formula is C46H64NO4PPdS. The summed E-state index contributed by atoms with van der Waals surface area (Å²) in [4.78, 5) is 0. The number of para-hydroxylation sites is 1. The zero-order chi connectivity index (χ0) is 38.8. The number of benzene rings is 4. The molecule has 5 nitrogen and oxygen atoms in total. The number of nitrogen functional groups attached to an aromatic ring is 1. The average Bonchev–Trinajstić information content (AvgIpc) is 3.12. The first-order chi connectivity index (χ1) is 25.0. The second-order valence-electron chi connectivity index (χ2n) is 16.9. The van der Waals surface area contributed by atoms with Crippen LogP contribution in [0.5, 0.6) is 5.75 Å². The van der Waals surface area contributed by atoms with Crippen molar-refractivity contribution in [2.45, 2.75) is 128 Å². The van der Waals surface area contributed by atoms with Crippen LogP contribution in [0.25, 0.3) is 22.3 Å². The van der Waals surface area contributed by atoms with Crippen LogP contribution in [0.15, 0.2) is 84.9 Å². The van der Waals surface area contributed by atoms with E-state index in [-0.39, 0.29) is 31.3 Å². The standard InChI is InChI=1S/C33H49OP.C12H10N.CH4O3S.Pd/c1-32(2,3)24-22-28(33(4,5)6)31(29(23-24)34-7)27-20-14-15-21-30(27)35(25-16-10-8-11-17-25)26-18-12-9-13-19-26;13-12-9-5-4-8-11(12)10-6-2-1-3-7-10;1-5(2,3)4;/h14-15,20-23,25-26H,8-13,16-19H2,1-7H3;1-6,8-9H,13H2;1H3,(H,2,3,4);/q;-1;;/p+1. The molecule has 0 spiro atoms. The third kappa shape index (κ3) is 13.3. The number of hydrogen-bond donors (Lipinski definition) is 2. The molecule has 2 saturated carbocycles. The van der Waals surface area contributed by atoms with Crippen LogP contribution in [-0.2, 0) is 41.4 Å². The summed E-state index contributed by atoms with van der Waals surface area (Å²) in [6.07, 6.45) is 15.1. The van der Waals surface area contributed by atoms with Crippen molar-refractivity contribution in [3.63, 3.8) is 0 Å². The van der Waals surface area contributed by atoms with Crippen LogP contribution < -0.4 is 15.8 Å². The zero-order valence-electron chi connectivity index (χ0n) is 33.8. The molecule has 8 heteroatoms. The van der Waals surface area contributed by atoms with Crippen molar-refractivity contribution >= 4 is 29.0 Å². The Balaban J connectivity index is 0.000000339. The van der Waals surface area contributed by atoms with Gasteiger partial charge in [0.2, 0.25) is 0 Å². The van der Waals surface area contributed by atoms with Crippen molar-refractivity contribution in [2.24, 2.45) is 0 Å². The van der Waals surface area contributed by atoms with Crippen LogP contribution in [0.4, 0.5) is 5.69 Å². The van der Waals surface area contributed by atoms with Crippen molar-refractivity contribution in [3.8, 4) is 28.0 Å². The molecule has 0 saturated heterocycles. The summed E-state index contributed by atoms with van der Waals surface area (Å²) in [5.41, 5.74) is 16.3. The molecule has 0 bridgehead atoms. The van der Waals surface area contributed by atoms with Crippen molar-refractivity contribution in [1.82, 2.24) is 0 Å². The van der Waals surface area contributed by atoms with E-state index in [4.69, 9.17) is 15.0 Å². The van der Waals surface area contributed by atoms with Gasteiger partial charge in [-0.3, -0.25) is 4.55 Å². The SMILES string of the molecule is COc1cc(C(C)(C)C)cc(C(C)(C)C)c1-c1ccccc1[PH+](C1CCCCC1)C1CCCCC1.CS(=O)(=O)O.Nc1ccccc1-c1[c-]cccc1.[Pd]. The van der Waals surface area contributed by atoms with Crippen LogP contribution in [0.3, 0.4) is 0 Å². The monoisotopic (exact) mass is 863 g/mol. The molecule has 2 aliphatic carbocycles. The molecule has 3 N–H and O–H groups in total. The largest absolute Gasteiger partial charge is 0.496 e. The number of methoxy groups -OCH3 is 1. The van der Waals surface area contributed by atoms with Crippen LogP contribution >= 0.6 is 7.92 Å². The van der Waals surface area contributed by atoms with Gasteiger partial charge in [-0.25, -0.2) is 0 Å². The Hall–Kier alpha value is -2.52. The van der Waals surface area contributed by atoms with Crippen molar-refractivity contribution < 1.29 is 38.1 Å². The molecular weight excluding hydrogens is 800 g/mol. The van der Waals surface area contributed by atoms with E-state index >= 15 is 0 Å². The minimum Gasteiger partial charge on any atom is -0.496 e. The van der Waals surface area contributed by atoms with Gasteiger partial charge in [-0.15, -0.1) is 35.9 Å². The summed E-state index contributed by atoms with van der Waals surface area (Å²) in [7, 11) is -2.48. The minimum atomic E-state index is -3.67. The quantitative estimate of drug-likeness (QED) is 0.0663. The second-order valence-corrected chi connectivity index (χ2v) is 21.4. The first-order valence-corrected chi connectivity index (χ1v) is 22.9. The molecule has 0 aromatic heterocycles. The molecule has 0 atom stereocenters. The Morgan fingerprint density at radius 2 is 1.24 bits per heavy atom. The van der Waals surface area contributed by atoms with Crippen LogP contribution in [0, 0.1) is 6.07 Å². The summed E-state index contributed by atoms with van der Waals surface area (Å²) in [6.45, 7) is 14.1. The van der Waals surface area contributed by atoms with Crippen molar-refractivity contribution in [2.75, 3.05) is 19.1 Å². The van der Waals surface area contributed by atoms with Gasteiger partial charge in [-0.05, 0) is 97.2 Å². The Bertz CT molecular complexity index is 1830. The predicted molar refractivity (Wildman–Crippen MR) is 230 cm³/mol.